The van der Waals surface area contributed by atoms with Gasteiger partial charge in [-0.05, 0) is 0 Å². The fourth-order valence-electron chi connectivity index (χ4n) is 5.60. The number of aryl methyl sites for hydroxylation is 4. The van der Waals surface area contributed by atoms with Gasteiger partial charge in [-0.15, -0.1) is 0 Å². The summed E-state index contributed by atoms with van der Waals surface area (Å²) < 4.78 is 0. The van der Waals surface area contributed by atoms with Crippen LogP contribution in [-0.4, -0.2) is 6.66 Å². The fourth-order valence-corrected chi connectivity index (χ4v) is 14.1. The predicted octanol–water partition coefficient (Wildman–Crippen LogP) is 8.08. The molecule has 3 aromatic heterocycles. The second-order valence-electron chi connectivity index (χ2n) is 9.20. The molecule has 5 aromatic rings. The van der Waals surface area contributed by atoms with E-state index in [1.54, 1.807) is 10.6 Å². The van der Waals surface area contributed by atoms with Crippen LogP contribution < -0.4 is 15.9 Å². The number of hydrogen-bond acceptors (Lipinski definition) is 3. The Kier molecular flexibility index (Phi) is 5.05. The Hall–Kier alpha value is -2.03. The van der Waals surface area contributed by atoms with Gasteiger partial charge in [0.25, 0.3) is 0 Å². The average Bonchev–Trinajstić information content (AvgIpc) is 3.51. The molecular formula is C29H27PS3. The summed E-state index contributed by atoms with van der Waals surface area (Å²) >= 11 is 5.88. The first kappa shape index (κ1) is 21.5. The van der Waals surface area contributed by atoms with Crippen LogP contribution in [0.4, 0.5) is 0 Å². The van der Waals surface area contributed by atoms with E-state index in [4.69, 9.17) is 0 Å². The molecule has 0 saturated carbocycles. The number of thiophene rings is 3. The van der Waals surface area contributed by atoms with Gasteiger partial charge in [-0.3, -0.25) is 0 Å². The molecule has 0 amide bonds. The molecule has 0 fully saturated rings. The third-order valence-corrected chi connectivity index (χ3v) is 14.9. The van der Waals surface area contributed by atoms with E-state index < -0.39 is 7.26 Å². The summed E-state index contributed by atoms with van der Waals surface area (Å²) in [7, 11) is -2.15. The molecule has 4 heterocycles. The van der Waals surface area contributed by atoms with Crippen molar-refractivity contribution in [3.8, 4) is 32.0 Å². The SMILES string of the molecule is Cc1cc(-c2sc3c(c2-c2cc(C)sc2C)[PH](C)(c2ccccc2)c2ccccc2-3)c(C)s1. The molecule has 0 saturated heterocycles. The molecule has 0 aliphatic carbocycles. The van der Waals surface area contributed by atoms with Crippen molar-refractivity contribution in [3.05, 3.63) is 86.2 Å². The van der Waals surface area contributed by atoms with Crippen LogP contribution >= 0.6 is 41.3 Å². The molecule has 1 aliphatic heterocycles. The number of fused-ring (bicyclic) bond motifs is 3. The Morgan fingerprint density at radius 2 is 1.21 bits per heavy atom. The van der Waals surface area contributed by atoms with Gasteiger partial charge < -0.3 is 0 Å². The summed E-state index contributed by atoms with van der Waals surface area (Å²) in [5.74, 6) is 0. The maximum absolute atomic E-state index is 2.58. The third-order valence-electron chi connectivity index (χ3n) is 7.07. The molecule has 0 bridgehead atoms. The molecule has 2 aromatic carbocycles. The normalized spacial score (nSPS) is 14.8. The van der Waals surface area contributed by atoms with Gasteiger partial charge in [-0.2, -0.15) is 0 Å². The Labute approximate surface area is 208 Å². The quantitative estimate of drug-likeness (QED) is 0.219. The second-order valence-corrected chi connectivity index (χ2v) is 17.0. The molecular weight excluding hydrogens is 475 g/mol. The van der Waals surface area contributed by atoms with Gasteiger partial charge >= 0.3 is 210 Å². The van der Waals surface area contributed by atoms with E-state index in [0.717, 1.165) is 0 Å². The van der Waals surface area contributed by atoms with Gasteiger partial charge in [0.05, 0.1) is 0 Å². The predicted molar refractivity (Wildman–Crippen MR) is 155 cm³/mol. The minimum absolute atomic E-state index is 1.39. The zero-order valence-corrected chi connectivity index (χ0v) is 23.0. The van der Waals surface area contributed by atoms with Gasteiger partial charge in [0.15, 0.2) is 0 Å². The van der Waals surface area contributed by atoms with Crippen molar-refractivity contribution in [3.63, 3.8) is 0 Å². The van der Waals surface area contributed by atoms with Crippen molar-refractivity contribution in [2.75, 3.05) is 6.66 Å². The molecule has 1 aliphatic rings. The van der Waals surface area contributed by atoms with Crippen molar-refractivity contribution in [1.82, 2.24) is 0 Å². The van der Waals surface area contributed by atoms with Gasteiger partial charge in [0, 0.05) is 0 Å². The summed E-state index contributed by atoms with van der Waals surface area (Å²) in [6.07, 6.45) is 0. The maximum atomic E-state index is 2.58. The number of benzene rings is 2. The third kappa shape index (κ3) is 3.10. The summed E-state index contributed by atoms with van der Waals surface area (Å²) in [5, 5.41) is 4.69. The average molecular weight is 503 g/mol. The zero-order chi connectivity index (χ0) is 22.9. The van der Waals surface area contributed by atoms with Gasteiger partial charge in [-0.1, -0.05) is 0 Å². The van der Waals surface area contributed by atoms with Crippen LogP contribution in [0.3, 0.4) is 0 Å². The van der Waals surface area contributed by atoms with E-state index in [1.807, 2.05) is 34.0 Å². The van der Waals surface area contributed by atoms with Crippen LogP contribution in [0.5, 0.6) is 0 Å². The van der Waals surface area contributed by atoms with Gasteiger partial charge in [0.2, 0.25) is 0 Å². The number of hydrogen-bond donors (Lipinski definition) is 0. The van der Waals surface area contributed by atoms with Crippen LogP contribution in [0.15, 0.2) is 66.7 Å². The summed E-state index contributed by atoms with van der Waals surface area (Å²) in [6.45, 7) is 11.6. The first-order valence-electron chi connectivity index (χ1n) is 11.4. The molecule has 33 heavy (non-hydrogen) atoms. The van der Waals surface area contributed by atoms with Crippen LogP contribution in [0, 0.1) is 27.7 Å². The van der Waals surface area contributed by atoms with Crippen molar-refractivity contribution in [2.24, 2.45) is 0 Å². The standard InChI is InChI=1S/C29H27PS3/c1-17-15-23(19(3)31-17)26-27-29(33-28(26)24-16-18(2)32-20(24)4)22-13-9-10-14-25(22)30(27,5)21-11-7-6-8-12-21/h6-16,30H,1-5H3. The molecule has 0 radical (unpaired) electrons. The molecule has 0 spiro atoms. The van der Waals surface area contributed by atoms with E-state index in [0.29, 0.717) is 0 Å². The van der Waals surface area contributed by atoms with E-state index in [9.17, 15) is 0 Å². The molecule has 0 atom stereocenters. The summed E-state index contributed by atoms with van der Waals surface area (Å²) in [5.41, 5.74) is 5.83. The van der Waals surface area contributed by atoms with Crippen LogP contribution in [0.2, 0.25) is 0 Å². The van der Waals surface area contributed by atoms with E-state index >= 15 is 0 Å². The molecule has 166 valence electrons. The zero-order valence-electron chi connectivity index (χ0n) is 19.6. The monoisotopic (exact) mass is 502 g/mol. The van der Waals surface area contributed by atoms with Crippen molar-refractivity contribution in [2.45, 2.75) is 27.7 Å². The second kappa shape index (κ2) is 7.75. The summed E-state index contributed by atoms with van der Waals surface area (Å²) in [4.78, 5) is 8.61. The van der Waals surface area contributed by atoms with Gasteiger partial charge in [0.1, 0.15) is 0 Å². The first-order valence-corrected chi connectivity index (χ1v) is 16.3. The molecule has 6 rings (SSSR count). The van der Waals surface area contributed by atoms with Crippen LogP contribution in [0.25, 0.3) is 32.0 Å². The van der Waals surface area contributed by atoms with E-state index in [2.05, 4.69) is 101 Å². The number of rotatable bonds is 3. The summed E-state index contributed by atoms with van der Waals surface area (Å²) in [6, 6.07) is 25.4. The topological polar surface area (TPSA) is 0 Å². The van der Waals surface area contributed by atoms with Crippen molar-refractivity contribution in [1.29, 1.82) is 0 Å². The molecule has 0 N–H and O–H groups in total. The van der Waals surface area contributed by atoms with Crippen molar-refractivity contribution >= 4 is 57.2 Å². The Bertz CT molecular complexity index is 1520. The first-order chi connectivity index (χ1) is 15.9. The van der Waals surface area contributed by atoms with Crippen molar-refractivity contribution < 1.29 is 0 Å². The Morgan fingerprint density at radius 3 is 1.85 bits per heavy atom. The molecule has 0 nitrogen and oxygen atoms in total. The molecule has 4 heteroatoms. The van der Waals surface area contributed by atoms with Gasteiger partial charge in [-0.25, -0.2) is 0 Å². The van der Waals surface area contributed by atoms with Crippen LogP contribution in [0.1, 0.15) is 19.5 Å². The van der Waals surface area contributed by atoms with Crippen LogP contribution in [-0.2, 0) is 0 Å². The van der Waals surface area contributed by atoms with E-state index in [-0.39, 0.29) is 0 Å². The van der Waals surface area contributed by atoms with E-state index in [1.165, 1.54) is 56.8 Å². The molecule has 0 unspecified atom stereocenters. The Morgan fingerprint density at radius 1 is 0.606 bits per heavy atom. The fraction of sp³-hybridized carbons (Fsp3) is 0.172. The Balaban J connectivity index is 1.78. The minimum atomic E-state index is -2.15.